The van der Waals surface area contributed by atoms with Crippen LogP contribution in [0, 0.1) is 0 Å². The van der Waals surface area contributed by atoms with E-state index in [1.54, 1.807) is 12.1 Å². The summed E-state index contributed by atoms with van der Waals surface area (Å²) >= 11 is 0. The maximum Gasteiger partial charge on any atom is 0.526 e. The van der Waals surface area contributed by atoms with Crippen LogP contribution in [0.3, 0.4) is 0 Å². The van der Waals surface area contributed by atoms with Gasteiger partial charge < -0.3 is 19.2 Å². The Bertz CT molecular complexity index is 706. The van der Waals surface area contributed by atoms with Crippen molar-refractivity contribution in [2.45, 2.75) is 6.61 Å². The Morgan fingerprint density at radius 1 is 1.00 bits per heavy atom. The van der Waals surface area contributed by atoms with E-state index in [4.69, 9.17) is 19.2 Å². The fourth-order valence-corrected chi connectivity index (χ4v) is 2.01. The fourth-order valence-electron chi connectivity index (χ4n) is 2.01. The minimum Gasteiger partial charge on any atom is -0.489 e. The molecule has 0 radical (unpaired) electrons. The van der Waals surface area contributed by atoms with Crippen molar-refractivity contribution >= 4 is 23.7 Å². The Labute approximate surface area is 116 Å². The van der Waals surface area contributed by atoms with Crippen molar-refractivity contribution in [1.82, 2.24) is 0 Å². The van der Waals surface area contributed by atoms with Crippen LogP contribution in [0.4, 0.5) is 0 Å². The van der Waals surface area contributed by atoms with Gasteiger partial charge in [-0.05, 0) is 35.9 Å². The maximum absolute atomic E-state index is 9.08. The van der Waals surface area contributed by atoms with E-state index in [1.807, 2.05) is 42.5 Å². The molecule has 4 nitrogen and oxygen atoms in total. The van der Waals surface area contributed by atoms with Crippen LogP contribution in [0.15, 0.2) is 59.0 Å². The third kappa shape index (κ3) is 2.69. The molecule has 0 fully saturated rings. The first-order valence-electron chi connectivity index (χ1n) is 6.29. The van der Waals surface area contributed by atoms with Gasteiger partial charge in [0.05, 0.1) is 0 Å². The third-order valence-corrected chi connectivity index (χ3v) is 3.00. The van der Waals surface area contributed by atoms with Crippen LogP contribution < -0.4 is 10.4 Å². The summed E-state index contributed by atoms with van der Waals surface area (Å²) in [6, 6.07) is 16.8. The summed E-state index contributed by atoms with van der Waals surface area (Å²) < 4.78 is 11.0. The van der Waals surface area contributed by atoms with Gasteiger partial charge >= 0.3 is 7.12 Å². The minimum atomic E-state index is -1.59. The van der Waals surface area contributed by atoms with E-state index < -0.39 is 7.12 Å². The van der Waals surface area contributed by atoms with E-state index in [-0.39, 0.29) is 5.66 Å². The number of hydrogen-bond acceptors (Lipinski definition) is 4. The lowest BCUT2D eigenvalue weighted by Crippen LogP contribution is -2.27. The second-order valence-electron chi connectivity index (χ2n) is 4.50. The Morgan fingerprint density at radius 3 is 2.55 bits per heavy atom. The number of ether oxygens (including phenoxy) is 1. The third-order valence-electron chi connectivity index (χ3n) is 3.00. The molecular weight excluding hydrogens is 255 g/mol. The lowest BCUT2D eigenvalue weighted by molar-refractivity contribution is 0.306. The molecule has 0 bridgehead atoms. The number of benzene rings is 2. The van der Waals surface area contributed by atoms with Crippen molar-refractivity contribution in [2.24, 2.45) is 0 Å². The summed E-state index contributed by atoms with van der Waals surface area (Å²) in [6.07, 6.45) is 0. The Kier molecular flexibility index (Phi) is 3.45. The van der Waals surface area contributed by atoms with Crippen LogP contribution in [0.5, 0.6) is 5.75 Å². The second-order valence-corrected chi connectivity index (χ2v) is 4.50. The largest absolute Gasteiger partial charge is 0.526 e. The summed E-state index contributed by atoms with van der Waals surface area (Å²) in [4.78, 5) is 0. The number of hydrogen-bond donors (Lipinski definition) is 2. The van der Waals surface area contributed by atoms with Gasteiger partial charge in [-0.15, -0.1) is 0 Å². The zero-order valence-electron chi connectivity index (χ0n) is 10.7. The van der Waals surface area contributed by atoms with Crippen LogP contribution >= 0.6 is 0 Å². The molecule has 0 aliphatic carbocycles. The molecule has 2 N–H and O–H groups in total. The number of furan rings is 1. The number of para-hydroxylation sites is 1. The molecule has 0 aliphatic rings. The smallest absolute Gasteiger partial charge is 0.489 e. The van der Waals surface area contributed by atoms with Gasteiger partial charge in [0.2, 0.25) is 0 Å². The SMILES string of the molecule is OB(O)c1cc2cc(COc3ccccc3)ccc2o1. The zero-order chi connectivity index (χ0) is 13.9. The molecule has 0 atom stereocenters. The molecule has 0 amide bonds. The Balaban J connectivity index is 1.78. The van der Waals surface area contributed by atoms with Gasteiger partial charge in [-0.3, -0.25) is 0 Å². The highest BCUT2D eigenvalue weighted by molar-refractivity contribution is 6.57. The van der Waals surface area contributed by atoms with Crippen LogP contribution in [0.25, 0.3) is 11.0 Å². The van der Waals surface area contributed by atoms with Gasteiger partial charge in [-0.25, -0.2) is 0 Å². The molecule has 2 aromatic carbocycles. The van der Waals surface area contributed by atoms with Crippen molar-refractivity contribution in [3.05, 3.63) is 60.2 Å². The molecule has 0 spiro atoms. The molecule has 3 rings (SSSR count). The van der Waals surface area contributed by atoms with Crippen molar-refractivity contribution < 1.29 is 19.2 Å². The molecule has 0 aliphatic heterocycles. The van der Waals surface area contributed by atoms with Gasteiger partial charge in [0, 0.05) is 5.39 Å². The fraction of sp³-hybridized carbons (Fsp3) is 0.0667. The normalized spacial score (nSPS) is 10.7. The van der Waals surface area contributed by atoms with Crippen LogP contribution in [0.1, 0.15) is 5.56 Å². The van der Waals surface area contributed by atoms with E-state index in [2.05, 4.69) is 0 Å². The molecule has 5 heteroatoms. The predicted molar refractivity (Wildman–Crippen MR) is 76.8 cm³/mol. The lowest BCUT2D eigenvalue weighted by Gasteiger charge is -2.05. The summed E-state index contributed by atoms with van der Waals surface area (Å²) in [5.74, 6) is 0.811. The minimum absolute atomic E-state index is 0.140. The molecule has 3 aromatic rings. The van der Waals surface area contributed by atoms with Gasteiger partial charge in [0.1, 0.15) is 23.6 Å². The number of rotatable bonds is 4. The molecular formula is C15H13BO4. The molecule has 100 valence electrons. The van der Waals surface area contributed by atoms with Crippen molar-refractivity contribution in [3.8, 4) is 5.75 Å². The molecule has 20 heavy (non-hydrogen) atoms. The van der Waals surface area contributed by atoms with Crippen LogP contribution in [-0.4, -0.2) is 17.2 Å². The van der Waals surface area contributed by atoms with Gasteiger partial charge in [0.15, 0.2) is 0 Å². The highest BCUT2D eigenvalue weighted by Gasteiger charge is 2.16. The Morgan fingerprint density at radius 2 is 1.80 bits per heavy atom. The lowest BCUT2D eigenvalue weighted by atomic mass is 9.88. The van der Waals surface area contributed by atoms with Crippen LogP contribution in [-0.2, 0) is 6.61 Å². The molecule has 0 unspecified atom stereocenters. The highest BCUT2D eigenvalue weighted by Crippen LogP contribution is 2.18. The van der Waals surface area contributed by atoms with E-state index in [9.17, 15) is 0 Å². The zero-order valence-corrected chi connectivity index (χ0v) is 10.7. The van der Waals surface area contributed by atoms with Crippen molar-refractivity contribution in [1.29, 1.82) is 0 Å². The quantitative estimate of drug-likeness (QED) is 0.707. The monoisotopic (exact) mass is 268 g/mol. The summed E-state index contributed by atoms with van der Waals surface area (Å²) in [5, 5.41) is 19.0. The topological polar surface area (TPSA) is 62.8 Å². The van der Waals surface area contributed by atoms with Gasteiger partial charge in [-0.2, -0.15) is 0 Å². The Hall–Kier alpha value is -2.24. The second kappa shape index (κ2) is 5.40. The van der Waals surface area contributed by atoms with E-state index in [0.29, 0.717) is 12.2 Å². The first-order chi connectivity index (χ1) is 9.72. The summed E-state index contributed by atoms with van der Waals surface area (Å²) in [5.41, 5.74) is 1.75. The average Bonchev–Trinajstić information content (AvgIpc) is 2.89. The first-order valence-corrected chi connectivity index (χ1v) is 6.29. The van der Waals surface area contributed by atoms with E-state index in [1.165, 1.54) is 0 Å². The summed E-state index contributed by atoms with van der Waals surface area (Å²) in [6.45, 7) is 0.447. The molecule has 1 heterocycles. The number of fused-ring (bicyclic) bond motifs is 1. The van der Waals surface area contributed by atoms with Gasteiger partial charge in [0.25, 0.3) is 0 Å². The first kappa shape index (κ1) is 12.8. The molecule has 0 saturated heterocycles. The standard InChI is InChI=1S/C15H13BO4/c17-16(18)15-9-12-8-11(6-7-14(12)20-15)10-19-13-4-2-1-3-5-13/h1-9,17-18H,10H2. The van der Waals surface area contributed by atoms with E-state index in [0.717, 1.165) is 16.7 Å². The maximum atomic E-state index is 9.08. The summed E-state index contributed by atoms with van der Waals surface area (Å²) in [7, 11) is -1.59. The van der Waals surface area contributed by atoms with Crippen LogP contribution in [0.2, 0.25) is 0 Å². The highest BCUT2D eigenvalue weighted by atomic mass is 16.5. The molecule has 0 saturated carbocycles. The average molecular weight is 268 g/mol. The van der Waals surface area contributed by atoms with Gasteiger partial charge in [-0.1, -0.05) is 24.3 Å². The van der Waals surface area contributed by atoms with Crippen molar-refractivity contribution in [3.63, 3.8) is 0 Å². The predicted octanol–water partition coefficient (Wildman–Crippen LogP) is 1.69. The van der Waals surface area contributed by atoms with E-state index >= 15 is 0 Å². The van der Waals surface area contributed by atoms with Crippen molar-refractivity contribution in [2.75, 3.05) is 0 Å². The molecule has 1 aromatic heterocycles.